The number of rotatable bonds is 7. The van der Waals surface area contributed by atoms with E-state index in [2.05, 4.69) is 4.98 Å². The van der Waals surface area contributed by atoms with Crippen molar-refractivity contribution in [1.29, 1.82) is 0 Å². The van der Waals surface area contributed by atoms with E-state index < -0.39 is 19.2 Å². The van der Waals surface area contributed by atoms with Gasteiger partial charge in [-0.2, -0.15) is 0 Å². The van der Waals surface area contributed by atoms with E-state index in [4.69, 9.17) is 25.6 Å². The van der Waals surface area contributed by atoms with Crippen LogP contribution in [0.2, 0.25) is 5.02 Å². The highest BCUT2D eigenvalue weighted by atomic mass is 35.5. The number of hydrogen-bond acceptors (Lipinski definition) is 6. The first-order valence-electron chi connectivity index (χ1n) is 7.46. The molecular formula is C17H19ClNO5P. The Morgan fingerprint density at radius 3 is 2.68 bits per heavy atom. The van der Waals surface area contributed by atoms with Crippen LogP contribution in [0.4, 0.5) is 0 Å². The van der Waals surface area contributed by atoms with Gasteiger partial charge in [-0.15, -0.1) is 0 Å². The Bertz CT molecular complexity index is 784. The van der Waals surface area contributed by atoms with Gasteiger partial charge in [0.1, 0.15) is 5.75 Å². The molecule has 2 aromatic rings. The highest BCUT2D eigenvalue weighted by Crippen LogP contribution is 2.56. The van der Waals surface area contributed by atoms with Crippen molar-refractivity contribution in [2.24, 2.45) is 0 Å². The zero-order valence-electron chi connectivity index (χ0n) is 14.1. The van der Waals surface area contributed by atoms with Crippen molar-refractivity contribution in [2.45, 2.75) is 12.8 Å². The van der Waals surface area contributed by atoms with Crippen LogP contribution < -0.4 is 4.74 Å². The molecule has 0 saturated heterocycles. The van der Waals surface area contributed by atoms with Crippen LogP contribution in [0.5, 0.6) is 5.75 Å². The number of hydrogen-bond donors (Lipinski definition) is 0. The maximum atomic E-state index is 12.6. The van der Waals surface area contributed by atoms with Crippen molar-refractivity contribution in [3.63, 3.8) is 0 Å². The first kappa shape index (κ1) is 19.4. The van der Waals surface area contributed by atoms with Gasteiger partial charge in [-0.1, -0.05) is 17.7 Å². The number of ether oxygens (including phenoxy) is 2. The quantitative estimate of drug-likeness (QED) is 0.526. The molecule has 6 nitrogen and oxygen atoms in total. The summed E-state index contributed by atoms with van der Waals surface area (Å²) >= 11 is 5.95. The minimum Gasteiger partial charge on any atom is -0.482 e. The lowest BCUT2D eigenvalue weighted by molar-refractivity contribution is -0.148. The molecule has 2 unspecified atom stereocenters. The number of benzene rings is 1. The SMILES string of the molecule is COP(C)(=O)C(OC(=O)COc1ccc(Cl)c(C)c1)c1ccccn1. The molecule has 0 radical (unpaired) electrons. The molecule has 8 heteroatoms. The van der Waals surface area contributed by atoms with Gasteiger partial charge in [0.05, 0.1) is 5.69 Å². The fraction of sp³-hybridized carbons (Fsp3) is 0.294. The van der Waals surface area contributed by atoms with E-state index in [0.29, 0.717) is 16.5 Å². The molecule has 1 aromatic carbocycles. The fourth-order valence-electron chi connectivity index (χ4n) is 2.02. The van der Waals surface area contributed by atoms with Crippen molar-refractivity contribution in [2.75, 3.05) is 20.4 Å². The summed E-state index contributed by atoms with van der Waals surface area (Å²) in [6, 6.07) is 10.1. The summed E-state index contributed by atoms with van der Waals surface area (Å²) in [7, 11) is -1.94. The first-order chi connectivity index (χ1) is 11.8. The van der Waals surface area contributed by atoms with E-state index in [-0.39, 0.29) is 6.61 Å². The molecule has 134 valence electrons. The van der Waals surface area contributed by atoms with Crippen molar-refractivity contribution in [3.05, 3.63) is 58.9 Å². The topological polar surface area (TPSA) is 74.7 Å². The van der Waals surface area contributed by atoms with Crippen LogP contribution in [0, 0.1) is 6.92 Å². The summed E-state index contributed by atoms with van der Waals surface area (Å²) < 4.78 is 28.3. The predicted octanol–water partition coefficient (Wildman–Crippen LogP) is 4.22. The third kappa shape index (κ3) is 5.30. The summed E-state index contributed by atoms with van der Waals surface area (Å²) in [6.45, 7) is 2.88. The van der Waals surface area contributed by atoms with E-state index in [0.717, 1.165) is 5.56 Å². The van der Waals surface area contributed by atoms with Gasteiger partial charge in [-0.3, -0.25) is 9.55 Å². The van der Waals surface area contributed by atoms with E-state index in [9.17, 15) is 9.36 Å². The number of aromatic nitrogens is 1. The van der Waals surface area contributed by atoms with Crippen LogP contribution in [0.3, 0.4) is 0 Å². The molecular weight excluding hydrogens is 365 g/mol. The standard InChI is InChI=1S/C17H19ClNO5P/c1-12-10-13(7-8-14(12)18)23-11-16(20)24-17(25(3,21)22-2)15-6-4-5-9-19-15/h4-10,17H,11H2,1-3H3. The lowest BCUT2D eigenvalue weighted by Crippen LogP contribution is -2.19. The molecule has 25 heavy (non-hydrogen) atoms. The monoisotopic (exact) mass is 383 g/mol. The molecule has 2 rings (SSSR count). The number of halogens is 1. The van der Waals surface area contributed by atoms with Crippen LogP contribution in [0.15, 0.2) is 42.6 Å². The number of pyridine rings is 1. The highest BCUT2D eigenvalue weighted by molar-refractivity contribution is 7.58. The third-order valence-electron chi connectivity index (χ3n) is 3.46. The van der Waals surface area contributed by atoms with Gasteiger partial charge in [0.25, 0.3) is 0 Å². The molecule has 2 atom stereocenters. The molecule has 0 fully saturated rings. The zero-order chi connectivity index (χ0) is 18.4. The number of aryl methyl sites for hydroxylation is 1. The molecule has 0 spiro atoms. The Labute approximate surface area is 151 Å². The maximum Gasteiger partial charge on any atom is 0.345 e. The molecule has 1 heterocycles. The van der Waals surface area contributed by atoms with Crippen LogP contribution in [-0.4, -0.2) is 31.3 Å². The van der Waals surface area contributed by atoms with Gasteiger partial charge < -0.3 is 14.0 Å². The molecule has 0 aliphatic carbocycles. The van der Waals surface area contributed by atoms with E-state index in [1.165, 1.54) is 20.0 Å². The van der Waals surface area contributed by atoms with Crippen molar-refractivity contribution < 1.29 is 23.4 Å². The van der Waals surface area contributed by atoms with Gasteiger partial charge in [0.2, 0.25) is 13.2 Å². The van der Waals surface area contributed by atoms with Gasteiger partial charge in [-0.05, 0) is 42.8 Å². The largest absolute Gasteiger partial charge is 0.482 e. The van der Waals surface area contributed by atoms with E-state index >= 15 is 0 Å². The van der Waals surface area contributed by atoms with Crippen LogP contribution >= 0.6 is 19.0 Å². The second-order valence-corrected chi connectivity index (χ2v) is 8.45. The number of nitrogens with zero attached hydrogens (tertiary/aromatic N) is 1. The van der Waals surface area contributed by atoms with Gasteiger partial charge >= 0.3 is 5.97 Å². The Hall–Kier alpha value is -1.88. The van der Waals surface area contributed by atoms with Crippen LogP contribution in [0.1, 0.15) is 17.1 Å². The van der Waals surface area contributed by atoms with Crippen molar-refractivity contribution >= 4 is 24.9 Å². The molecule has 0 aliphatic rings. The number of carbonyl (C=O) groups excluding carboxylic acids is 1. The molecule has 0 N–H and O–H groups in total. The lowest BCUT2D eigenvalue weighted by atomic mass is 10.2. The second kappa shape index (κ2) is 8.48. The van der Waals surface area contributed by atoms with Gasteiger partial charge in [0.15, 0.2) is 6.61 Å². The Morgan fingerprint density at radius 2 is 2.08 bits per heavy atom. The highest BCUT2D eigenvalue weighted by Gasteiger charge is 2.34. The zero-order valence-corrected chi connectivity index (χ0v) is 15.8. The third-order valence-corrected chi connectivity index (χ3v) is 5.83. The normalized spacial score (nSPS) is 14.4. The second-order valence-electron chi connectivity index (χ2n) is 5.39. The van der Waals surface area contributed by atoms with E-state index in [1.54, 1.807) is 36.4 Å². The Morgan fingerprint density at radius 1 is 1.32 bits per heavy atom. The summed E-state index contributed by atoms with van der Waals surface area (Å²) in [5, 5.41) is 0.608. The smallest absolute Gasteiger partial charge is 0.345 e. The summed E-state index contributed by atoms with van der Waals surface area (Å²) in [5.41, 5.74) is 1.18. The van der Waals surface area contributed by atoms with Crippen molar-refractivity contribution in [1.82, 2.24) is 4.98 Å². The summed E-state index contributed by atoms with van der Waals surface area (Å²) in [4.78, 5) is 16.2. The molecule has 0 aliphatic heterocycles. The van der Waals surface area contributed by atoms with E-state index in [1.807, 2.05) is 6.92 Å². The van der Waals surface area contributed by atoms with Crippen LogP contribution in [0.25, 0.3) is 0 Å². The minimum atomic E-state index is -3.25. The average molecular weight is 384 g/mol. The molecule has 0 amide bonds. The van der Waals surface area contributed by atoms with Gasteiger partial charge in [0, 0.05) is 25.0 Å². The minimum absolute atomic E-state index is 0.339. The Kier molecular flexibility index (Phi) is 6.59. The Balaban J connectivity index is 2.07. The molecule has 0 saturated carbocycles. The predicted molar refractivity (Wildman–Crippen MR) is 95.3 cm³/mol. The lowest BCUT2D eigenvalue weighted by Gasteiger charge is -2.22. The summed E-state index contributed by atoms with van der Waals surface area (Å²) in [5.74, 6) is -1.29. The van der Waals surface area contributed by atoms with Crippen LogP contribution in [-0.2, 0) is 18.6 Å². The summed E-state index contributed by atoms with van der Waals surface area (Å²) in [6.07, 6.45) is 1.53. The first-order valence-corrected chi connectivity index (χ1v) is 9.97. The number of carbonyl (C=O) groups is 1. The maximum absolute atomic E-state index is 12.6. The average Bonchev–Trinajstić information content (AvgIpc) is 2.61. The van der Waals surface area contributed by atoms with Crippen molar-refractivity contribution in [3.8, 4) is 5.75 Å². The number of esters is 1. The van der Waals surface area contributed by atoms with Gasteiger partial charge in [-0.25, -0.2) is 4.79 Å². The molecule has 0 bridgehead atoms. The molecule has 1 aromatic heterocycles. The fourth-order valence-corrected chi connectivity index (χ4v) is 3.27.